The monoisotopic (exact) mass is 317 g/mol. The van der Waals surface area contributed by atoms with Crippen molar-refractivity contribution in [2.45, 2.75) is 49.8 Å². The minimum Gasteiger partial charge on any atom is -0.459 e. The molecular formula is C13H19NO4S2. The lowest BCUT2D eigenvalue weighted by atomic mass is 9.89. The first-order valence-electron chi connectivity index (χ1n) is 6.61. The molecule has 5 nitrogen and oxygen atoms in total. The van der Waals surface area contributed by atoms with Crippen LogP contribution in [0, 0.1) is 12.8 Å². The third kappa shape index (κ3) is 3.39. The number of esters is 1. The molecule has 1 aromatic heterocycles. The Morgan fingerprint density at radius 1 is 1.35 bits per heavy atom. The number of primary sulfonamides is 1. The smallest absolute Gasteiger partial charge is 0.339 e. The summed E-state index contributed by atoms with van der Waals surface area (Å²) in [6.07, 6.45) is 3.80. The molecule has 2 rings (SSSR count). The minimum absolute atomic E-state index is 0.0294. The van der Waals surface area contributed by atoms with E-state index in [0.717, 1.165) is 37.0 Å². The van der Waals surface area contributed by atoms with Crippen LogP contribution in [0.15, 0.2) is 9.59 Å². The highest BCUT2D eigenvalue weighted by Gasteiger charge is 2.26. The van der Waals surface area contributed by atoms with E-state index in [1.807, 2.05) is 0 Å². The van der Waals surface area contributed by atoms with Crippen molar-refractivity contribution >= 4 is 27.3 Å². The zero-order chi connectivity index (χ0) is 14.9. The van der Waals surface area contributed by atoms with Gasteiger partial charge < -0.3 is 4.74 Å². The molecule has 1 fully saturated rings. The molecule has 20 heavy (non-hydrogen) atoms. The number of rotatable bonds is 3. The van der Waals surface area contributed by atoms with Crippen molar-refractivity contribution in [1.82, 2.24) is 0 Å². The molecule has 1 aromatic rings. The number of carbonyl (C=O) groups is 1. The van der Waals surface area contributed by atoms with Gasteiger partial charge in [0.1, 0.15) is 10.3 Å². The highest BCUT2D eigenvalue weighted by atomic mass is 32.2. The van der Waals surface area contributed by atoms with Gasteiger partial charge in [-0.15, -0.1) is 11.3 Å². The molecule has 1 saturated carbocycles. The number of sulfonamides is 1. The lowest BCUT2D eigenvalue weighted by Crippen LogP contribution is -2.23. The Kier molecular flexibility index (Phi) is 4.51. The largest absolute Gasteiger partial charge is 0.459 e. The molecule has 0 unspecified atom stereocenters. The Labute approximate surface area is 123 Å². The first-order chi connectivity index (χ1) is 9.29. The zero-order valence-electron chi connectivity index (χ0n) is 11.6. The molecule has 0 bridgehead atoms. The summed E-state index contributed by atoms with van der Waals surface area (Å²) in [7, 11) is -3.78. The minimum atomic E-state index is -3.78. The fraction of sp³-hybridized carbons (Fsp3) is 0.615. The molecule has 0 saturated heterocycles. The number of carbonyl (C=O) groups excluding carboxylic acids is 1. The molecule has 1 aliphatic carbocycles. The Morgan fingerprint density at radius 2 is 1.95 bits per heavy atom. The summed E-state index contributed by atoms with van der Waals surface area (Å²) in [5, 5.41) is 6.60. The molecule has 1 heterocycles. The van der Waals surface area contributed by atoms with Crippen LogP contribution >= 0.6 is 11.3 Å². The van der Waals surface area contributed by atoms with E-state index in [9.17, 15) is 13.2 Å². The first-order valence-corrected chi connectivity index (χ1v) is 9.03. The maximum atomic E-state index is 12.1. The molecule has 0 amide bonds. The summed E-state index contributed by atoms with van der Waals surface area (Å²) in [6, 6.07) is 0. The van der Waals surface area contributed by atoms with Crippen LogP contribution in [0.1, 0.15) is 48.5 Å². The van der Waals surface area contributed by atoms with E-state index in [-0.39, 0.29) is 10.3 Å². The van der Waals surface area contributed by atoms with Crippen molar-refractivity contribution in [3.63, 3.8) is 0 Å². The average molecular weight is 317 g/mol. The maximum Gasteiger partial charge on any atom is 0.339 e. The van der Waals surface area contributed by atoms with Gasteiger partial charge in [0.2, 0.25) is 10.0 Å². The van der Waals surface area contributed by atoms with Crippen LogP contribution in [0.4, 0.5) is 0 Å². The summed E-state index contributed by atoms with van der Waals surface area (Å²) in [4.78, 5) is 12.1. The number of thiophene rings is 1. The van der Waals surface area contributed by atoms with Crippen molar-refractivity contribution in [1.29, 1.82) is 0 Å². The SMILES string of the molecule is Cc1c(C(=O)OC2CCC(C)CC2)csc1S(N)(=O)=O. The third-order valence-corrected chi connectivity index (χ3v) is 6.39. The lowest BCUT2D eigenvalue weighted by Gasteiger charge is -2.25. The number of ether oxygens (including phenoxy) is 1. The van der Waals surface area contributed by atoms with Crippen molar-refractivity contribution in [3.05, 3.63) is 16.5 Å². The third-order valence-electron chi connectivity index (χ3n) is 3.71. The van der Waals surface area contributed by atoms with Gasteiger partial charge in [0.25, 0.3) is 0 Å². The molecule has 0 spiro atoms. The number of hydrogen-bond donors (Lipinski definition) is 1. The number of nitrogens with two attached hydrogens (primary N) is 1. The van der Waals surface area contributed by atoms with Gasteiger partial charge >= 0.3 is 5.97 Å². The molecule has 112 valence electrons. The van der Waals surface area contributed by atoms with Gasteiger partial charge in [-0.3, -0.25) is 0 Å². The summed E-state index contributed by atoms with van der Waals surface area (Å²) < 4.78 is 28.2. The standard InChI is InChI=1S/C13H19NO4S2/c1-8-3-5-10(6-4-8)18-12(15)11-7-19-13(9(11)2)20(14,16)17/h7-8,10H,3-6H2,1-2H3,(H2,14,16,17). The highest BCUT2D eigenvalue weighted by molar-refractivity contribution is 7.91. The molecule has 2 N–H and O–H groups in total. The van der Waals surface area contributed by atoms with E-state index in [2.05, 4.69) is 6.92 Å². The Hall–Kier alpha value is -0.920. The summed E-state index contributed by atoms with van der Waals surface area (Å²) in [6.45, 7) is 3.77. The highest BCUT2D eigenvalue weighted by Crippen LogP contribution is 2.29. The second kappa shape index (κ2) is 5.83. The van der Waals surface area contributed by atoms with Crippen molar-refractivity contribution in [2.24, 2.45) is 11.1 Å². The van der Waals surface area contributed by atoms with Gasteiger partial charge in [0.05, 0.1) is 5.56 Å². The average Bonchev–Trinajstić information content (AvgIpc) is 2.74. The summed E-state index contributed by atoms with van der Waals surface area (Å²) >= 11 is 0.960. The molecule has 0 aromatic carbocycles. The predicted octanol–water partition coefficient (Wildman–Crippen LogP) is 2.44. The van der Waals surface area contributed by atoms with E-state index < -0.39 is 16.0 Å². The molecular weight excluding hydrogens is 298 g/mol. The van der Waals surface area contributed by atoms with Gasteiger partial charge in [-0.1, -0.05) is 6.92 Å². The lowest BCUT2D eigenvalue weighted by molar-refractivity contribution is 0.0173. The zero-order valence-corrected chi connectivity index (χ0v) is 13.2. The van der Waals surface area contributed by atoms with Gasteiger partial charge in [-0.2, -0.15) is 0 Å². The fourth-order valence-corrected chi connectivity index (χ4v) is 4.45. The fourth-order valence-electron chi connectivity index (χ4n) is 2.44. The quantitative estimate of drug-likeness (QED) is 0.867. The van der Waals surface area contributed by atoms with Crippen LogP contribution in [-0.2, 0) is 14.8 Å². The van der Waals surface area contributed by atoms with Crippen molar-refractivity contribution in [2.75, 3.05) is 0 Å². The van der Waals surface area contributed by atoms with E-state index >= 15 is 0 Å². The molecule has 7 heteroatoms. The molecule has 0 aliphatic heterocycles. The normalized spacial score (nSPS) is 23.6. The number of hydrogen-bond acceptors (Lipinski definition) is 5. The van der Waals surface area contributed by atoms with E-state index in [0.29, 0.717) is 17.0 Å². The van der Waals surface area contributed by atoms with Crippen LogP contribution in [0.2, 0.25) is 0 Å². The van der Waals surface area contributed by atoms with E-state index in [4.69, 9.17) is 9.88 Å². The summed E-state index contributed by atoms with van der Waals surface area (Å²) in [5.41, 5.74) is 0.685. The summed E-state index contributed by atoms with van der Waals surface area (Å²) in [5.74, 6) is 0.232. The van der Waals surface area contributed by atoms with Gasteiger partial charge in [0, 0.05) is 5.38 Å². The molecule has 0 radical (unpaired) electrons. The van der Waals surface area contributed by atoms with Gasteiger partial charge in [-0.25, -0.2) is 18.4 Å². The van der Waals surface area contributed by atoms with Gasteiger partial charge in [-0.05, 0) is 44.1 Å². The first kappa shape index (κ1) is 15.5. The predicted molar refractivity (Wildman–Crippen MR) is 77.3 cm³/mol. The van der Waals surface area contributed by atoms with E-state index in [1.54, 1.807) is 6.92 Å². The van der Waals surface area contributed by atoms with Crippen molar-refractivity contribution < 1.29 is 17.9 Å². The van der Waals surface area contributed by atoms with Crippen molar-refractivity contribution in [3.8, 4) is 0 Å². The van der Waals surface area contributed by atoms with Crippen LogP contribution < -0.4 is 5.14 Å². The Balaban J connectivity index is 2.09. The topological polar surface area (TPSA) is 86.5 Å². The van der Waals surface area contributed by atoms with E-state index in [1.165, 1.54) is 5.38 Å². The Bertz CT molecular complexity index is 598. The second-order valence-electron chi connectivity index (χ2n) is 5.39. The van der Waals surface area contributed by atoms with Crippen LogP contribution in [0.25, 0.3) is 0 Å². The van der Waals surface area contributed by atoms with Crippen LogP contribution in [-0.4, -0.2) is 20.5 Å². The Morgan fingerprint density at radius 3 is 2.45 bits per heavy atom. The molecule has 1 aliphatic rings. The van der Waals surface area contributed by atoms with Gasteiger partial charge in [0.15, 0.2) is 0 Å². The van der Waals surface area contributed by atoms with Crippen LogP contribution in [0.3, 0.4) is 0 Å². The second-order valence-corrected chi connectivity index (χ2v) is 8.03. The molecule has 0 atom stereocenters. The maximum absolute atomic E-state index is 12.1. The van der Waals surface area contributed by atoms with Crippen LogP contribution in [0.5, 0.6) is 0 Å².